The second-order valence-corrected chi connectivity index (χ2v) is 7.52. The highest BCUT2D eigenvalue weighted by atomic mass is 16.1. The molecule has 3 heterocycles. The standard InChI is InChI=1S/C21H27N5O/c22-20(27)18-10-11-23-21(24-18)19(16-7-2-1-3-8-16)26-14-6-9-17(26)15-25-12-4-5-13-25/h1-3,7-8,10-11,17,19H,4-6,9,12-15H2,(H2,22,27)/t17-,19?/m0/s1. The van der Waals surface area contributed by atoms with Crippen molar-refractivity contribution in [2.24, 2.45) is 5.73 Å². The number of nitrogens with zero attached hydrogens (tertiary/aromatic N) is 4. The van der Waals surface area contributed by atoms with E-state index in [-0.39, 0.29) is 11.7 Å². The smallest absolute Gasteiger partial charge is 0.267 e. The minimum absolute atomic E-state index is 0.0550. The Morgan fingerprint density at radius 2 is 1.89 bits per heavy atom. The summed E-state index contributed by atoms with van der Waals surface area (Å²) in [6, 6.07) is 12.4. The summed E-state index contributed by atoms with van der Waals surface area (Å²) < 4.78 is 0. The highest BCUT2D eigenvalue weighted by Gasteiger charge is 2.35. The zero-order chi connectivity index (χ0) is 18.6. The molecule has 1 amide bonds. The van der Waals surface area contributed by atoms with E-state index in [4.69, 9.17) is 5.73 Å². The number of carbonyl (C=O) groups is 1. The topological polar surface area (TPSA) is 75.4 Å². The molecule has 0 aliphatic carbocycles. The highest BCUT2D eigenvalue weighted by Crippen LogP contribution is 2.33. The Hall–Kier alpha value is -2.31. The van der Waals surface area contributed by atoms with Gasteiger partial charge >= 0.3 is 0 Å². The summed E-state index contributed by atoms with van der Waals surface area (Å²) in [7, 11) is 0. The van der Waals surface area contributed by atoms with Crippen LogP contribution < -0.4 is 5.73 Å². The quantitative estimate of drug-likeness (QED) is 0.850. The summed E-state index contributed by atoms with van der Waals surface area (Å²) in [5, 5.41) is 0. The van der Waals surface area contributed by atoms with E-state index in [0.717, 1.165) is 18.7 Å². The highest BCUT2D eigenvalue weighted by molar-refractivity contribution is 5.90. The van der Waals surface area contributed by atoms with Crippen LogP contribution in [0.2, 0.25) is 0 Å². The number of rotatable bonds is 6. The van der Waals surface area contributed by atoms with Crippen LogP contribution in [0.4, 0.5) is 0 Å². The Labute approximate surface area is 160 Å². The Morgan fingerprint density at radius 1 is 1.11 bits per heavy atom. The van der Waals surface area contributed by atoms with E-state index in [1.54, 1.807) is 12.3 Å². The van der Waals surface area contributed by atoms with E-state index in [9.17, 15) is 4.79 Å². The van der Waals surface area contributed by atoms with Crippen LogP contribution in [0.5, 0.6) is 0 Å². The average Bonchev–Trinajstić information content (AvgIpc) is 3.36. The van der Waals surface area contributed by atoms with Gasteiger partial charge in [0.2, 0.25) is 0 Å². The zero-order valence-electron chi connectivity index (χ0n) is 15.6. The van der Waals surface area contributed by atoms with Gasteiger partial charge in [-0.05, 0) is 56.9 Å². The van der Waals surface area contributed by atoms with Gasteiger partial charge in [0.1, 0.15) is 5.69 Å². The van der Waals surface area contributed by atoms with Gasteiger partial charge in [0, 0.05) is 18.8 Å². The molecule has 1 unspecified atom stereocenters. The maximum absolute atomic E-state index is 11.6. The van der Waals surface area contributed by atoms with Crippen LogP contribution in [-0.4, -0.2) is 57.9 Å². The first-order chi connectivity index (χ1) is 13.2. The Bertz CT molecular complexity index is 775. The van der Waals surface area contributed by atoms with Crippen LogP contribution in [0.3, 0.4) is 0 Å². The van der Waals surface area contributed by atoms with Gasteiger partial charge in [0.25, 0.3) is 5.91 Å². The van der Waals surface area contributed by atoms with E-state index < -0.39 is 5.91 Å². The van der Waals surface area contributed by atoms with Crippen LogP contribution in [0.1, 0.15) is 53.6 Å². The molecule has 0 spiro atoms. The third-order valence-corrected chi connectivity index (χ3v) is 5.71. The summed E-state index contributed by atoms with van der Waals surface area (Å²) >= 11 is 0. The van der Waals surface area contributed by atoms with Crippen molar-refractivity contribution >= 4 is 5.91 Å². The monoisotopic (exact) mass is 365 g/mol. The number of carbonyl (C=O) groups excluding carboxylic acids is 1. The summed E-state index contributed by atoms with van der Waals surface area (Å²) in [4.78, 5) is 25.8. The molecule has 4 rings (SSSR count). The number of hydrogen-bond donors (Lipinski definition) is 1. The fraction of sp³-hybridized carbons (Fsp3) is 0.476. The van der Waals surface area contributed by atoms with E-state index in [1.165, 1.54) is 38.8 Å². The second-order valence-electron chi connectivity index (χ2n) is 7.52. The predicted octanol–water partition coefficient (Wildman–Crippen LogP) is 2.23. The van der Waals surface area contributed by atoms with Gasteiger partial charge < -0.3 is 10.6 Å². The molecule has 2 N–H and O–H groups in total. The van der Waals surface area contributed by atoms with Gasteiger partial charge in [0.05, 0.1) is 6.04 Å². The third-order valence-electron chi connectivity index (χ3n) is 5.71. The molecule has 6 nitrogen and oxygen atoms in total. The van der Waals surface area contributed by atoms with Crippen LogP contribution in [0.15, 0.2) is 42.6 Å². The van der Waals surface area contributed by atoms with Crippen molar-refractivity contribution in [3.05, 3.63) is 59.7 Å². The molecule has 1 aromatic carbocycles. The number of benzene rings is 1. The van der Waals surface area contributed by atoms with Gasteiger partial charge in [-0.15, -0.1) is 0 Å². The molecule has 142 valence electrons. The lowest BCUT2D eigenvalue weighted by molar-refractivity contribution is 0.0994. The van der Waals surface area contributed by atoms with Crippen molar-refractivity contribution in [2.75, 3.05) is 26.2 Å². The molecular weight excluding hydrogens is 338 g/mol. The van der Waals surface area contributed by atoms with Gasteiger partial charge in [-0.2, -0.15) is 0 Å². The van der Waals surface area contributed by atoms with Crippen LogP contribution in [-0.2, 0) is 0 Å². The molecule has 0 bridgehead atoms. The van der Waals surface area contributed by atoms with E-state index in [2.05, 4.69) is 31.9 Å². The molecule has 2 fully saturated rings. The minimum atomic E-state index is -0.513. The van der Waals surface area contributed by atoms with Crippen molar-refractivity contribution in [3.8, 4) is 0 Å². The lowest BCUT2D eigenvalue weighted by Gasteiger charge is -2.34. The lowest BCUT2D eigenvalue weighted by Crippen LogP contribution is -2.42. The molecule has 1 aromatic heterocycles. The summed E-state index contributed by atoms with van der Waals surface area (Å²) in [5.41, 5.74) is 6.90. The fourth-order valence-electron chi connectivity index (χ4n) is 4.42. The molecule has 2 aliphatic heterocycles. The van der Waals surface area contributed by atoms with E-state index in [1.807, 2.05) is 18.2 Å². The largest absolute Gasteiger partial charge is 0.364 e. The lowest BCUT2D eigenvalue weighted by atomic mass is 10.0. The van der Waals surface area contributed by atoms with Gasteiger partial charge in [-0.1, -0.05) is 30.3 Å². The SMILES string of the molecule is NC(=O)c1ccnc(C(c2ccccc2)N2CCC[C@H]2CN2CCCC2)n1. The second kappa shape index (κ2) is 8.15. The molecule has 27 heavy (non-hydrogen) atoms. The average molecular weight is 365 g/mol. The maximum atomic E-state index is 11.6. The normalized spacial score (nSPS) is 22.1. The number of primary amides is 1. The molecule has 2 aliphatic rings. The van der Waals surface area contributed by atoms with Gasteiger partial charge in [-0.25, -0.2) is 9.97 Å². The molecular formula is C21H27N5O. The Morgan fingerprint density at radius 3 is 2.63 bits per heavy atom. The number of hydrogen-bond acceptors (Lipinski definition) is 5. The Balaban J connectivity index is 1.67. The molecule has 0 saturated carbocycles. The third kappa shape index (κ3) is 4.01. The molecule has 2 atom stereocenters. The number of likely N-dealkylation sites (tertiary alicyclic amines) is 2. The Kier molecular flexibility index (Phi) is 5.45. The number of amides is 1. The van der Waals surface area contributed by atoms with Crippen molar-refractivity contribution < 1.29 is 4.79 Å². The first kappa shape index (κ1) is 18.1. The van der Waals surface area contributed by atoms with Gasteiger partial charge in [0.15, 0.2) is 5.82 Å². The summed E-state index contributed by atoms with van der Waals surface area (Å²) in [5.74, 6) is 0.145. The van der Waals surface area contributed by atoms with Gasteiger partial charge in [-0.3, -0.25) is 9.69 Å². The molecule has 2 aromatic rings. The summed E-state index contributed by atoms with van der Waals surface area (Å²) in [6.07, 6.45) is 6.62. The minimum Gasteiger partial charge on any atom is -0.364 e. The van der Waals surface area contributed by atoms with E-state index >= 15 is 0 Å². The first-order valence-corrected chi connectivity index (χ1v) is 9.88. The van der Waals surface area contributed by atoms with Crippen molar-refractivity contribution in [3.63, 3.8) is 0 Å². The summed E-state index contributed by atoms with van der Waals surface area (Å²) in [6.45, 7) is 4.52. The van der Waals surface area contributed by atoms with Crippen molar-refractivity contribution in [1.82, 2.24) is 19.8 Å². The molecule has 6 heteroatoms. The fourth-order valence-corrected chi connectivity index (χ4v) is 4.42. The molecule has 2 saturated heterocycles. The number of aromatic nitrogens is 2. The van der Waals surface area contributed by atoms with Crippen LogP contribution in [0, 0.1) is 0 Å². The zero-order valence-corrected chi connectivity index (χ0v) is 15.6. The first-order valence-electron chi connectivity index (χ1n) is 9.88. The van der Waals surface area contributed by atoms with E-state index in [0.29, 0.717) is 11.9 Å². The van der Waals surface area contributed by atoms with Crippen molar-refractivity contribution in [1.29, 1.82) is 0 Å². The molecule has 0 radical (unpaired) electrons. The predicted molar refractivity (Wildman–Crippen MR) is 104 cm³/mol. The van der Waals surface area contributed by atoms with Crippen LogP contribution >= 0.6 is 0 Å². The maximum Gasteiger partial charge on any atom is 0.267 e. The van der Waals surface area contributed by atoms with Crippen LogP contribution in [0.25, 0.3) is 0 Å². The number of nitrogens with two attached hydrogens (primary N) is 1. The van der Waals surface area contributed by atoms with Crippen molar-refractivity contribution in [2.45, 2.75) is 37.8 Å².